The van der Waals surface area contributed by atoms with E-state index in [0.717, 1.165) is 12.1 Å². The highest BCUT2D eigenvalue weighted by atomic mass is 19.4. The van der Waals surface area contributed by atoms with Crippen LogP contribution >= 0.6 is 0 Å². The smallest absolute Gasteiger partial charge is 0.376 e. The van der Waals surface area contributed by atoms with Crippen LogP contribution in [0.1, 0.15) is 29.8 Å². The van der Waals surface area contributed by atoms with E-state index in [0.29, 0.717) is 24.3 Å². The molecule has 0 fully saturated rings. The molecule has 150 valence electrons. The lowest BCUT2D eigenvalue weighted by Crippen LogP contribution is -2.30. The number of benzene rings is 2. The SMILES string of the molecule is CCN(CC)C(=O)c1cccc(NC(=O)CNc2cccc(C(F)(F)F)c2)c1. The highest BCUT2D eigenvalue weighted by Gasteiger charge is 2.30. The van der Waals surface area contributed by atoms with Crippen LogP contribution in [0.5, 0.6) is 0 Å². The van der Waals surface area contributed by atoms with E-state index in [9.17, 15) is 22.8 Å². The standard InChI is InChI=1S/C20H22F3N3O2/c1-3-26(4-2)19(28)14-7-5-10-17(11-14)25-18(27)13-24-16-9-6-8-15(12-16)20(21,22)23/h5-12,24H,3-4,13H2,1-2H3,(H,25,27). The maximum absolute atomic E-state index is 12.7. The highest BCUT2D eigenvalue weighted by molar-refractivity contribution is 5.98. The van der Waals surface area contributed by atoms with Crippen molar-refractivity contribution in [2.75, 3.05) is 30.3 Å². The third-order valence-electron chi connectivity index (χ3n) is 4.09. The normalized spacial score (nSPS) is 11.0. The Morgan fingerprint density at radius 3 is 2.25 bits per heavy atom. The number of carbonyl (C=O) groups excluding carboxylic acids is 2. The molecule has 0 unspecified atom stereocenters. The van der Waals surface area contributed by atoms with Crippen molar-refractivity contribution >= 4 is 23.2 Å². The molecule has 2 amide bonds. The Kier molecular flexibility index (Phi) is 7.03. The first-order chi connectivity index (χ1) is 13.2. The van der Waals surface area contributed by atoms with Gasteiger partial charge in [0.1, 0.15) is 0 Å². The number of rotatable bonds is 7. The number of nitrogens with zero attached hydrogens (tertiary/aromatic N) is 1. The minimum absolute atomic E-state index is 0.136. The Balaban J connectivity index is 1.99. The Morgan fingerprint density at radius 2 is 1.61 bits per heavy atom. The van der Waals surface area contributed by atoms with Crippen LogP contribution in [0.2, 0.25) is 0 Å². The second-order valence-electron chi connectivity index (χ2n) is 6.04. The summed E-state index contributed by atoms with van der Waals surface area (Å²) in [6, 6.07) is 11.2. The van der Waals surface area contributed by atoms with Crippen LogP contribution in [-0.4, -0.2) is 36.3 Å². The average molecular weight is 393 g/mol. The number of halogens is 3. The lowest BCUT2D eigenvalue weighted by molar-refractivity contribution is -0.137. The molecule has 0 aliphatic heterocycles. The number of nitrogens with one attached hydrogen (secondary N) is 2. The summed E-state index contributed by atoms with van der Waals surface area (Å²) >= 11 is 0. The van der Waals surface area contributed by atoms with Crippen LogP contribution in [0, 0.1) is 0 Å². The molecule has 0 aromatic heterocycles. The van der Waals surface area contributed by atoms with E-state index in [1.807, 2.05) is 13.8 Å². The molecule has 8 heteroatoms. The lowest BCUT2D eigenvalue weighted by Gasteiger charge is -2.19. The van der Waals surface area contributed by atoms with Gasteiger partial charge in [0, 0.05) is 30.0 Å². The van der Waals surface area contributed by atoms with E-state index in [1.165, 1.54) is 12.1 Å². The van der Waals surface area contributed by atoms with Crippen molar-refractivity contribution in [1.82, 2.24) is 4.90 Å². The number of amides is 2. The fourth-order valence-electron chi connectivity index (χ4n) is 2.62. The molecule has 0 radical (unpaired) electrons. The molecule has 0 bridgehead atoms. The fraction of sp³-hybridized carbons (Fsp3) is 0.300. The Morgan fingerprint density at radius 1 is 0.964 bits per heavy atom. The van der Waals surface area contributed by atoms with Gasteiger partial charge in [0.05, 0.1) is 12.1 Å². The molecule has 0 heterocycles. The Bertz CT molecular complexity index is 833. The van der Waals surface area contributed by atoms with Gasteiger partial charge in [0.2, 0.25) is 5.91 Å². The molecule has 0 atom stereocenters. The summed E-state index contributed by atoms with van der Waals surface area (Å²) in [6.07, 6.45) is -4.45. The molecular weight excluding hydrogens is 371 g/mol. The molecule has 2 rings (SSSR count). The molecule has 0 spiro atoms. The molecule has 0 saturated carbocycles. The predicted octanol–water partition coefficient (Wildman–Crippen LogP) is 4.24. The van der Waals surface area contributed by atoms with Crippen molar-refractivity contribution in [3.05, 3.63) is 59.7 Å². The zero-order valence-corrected chi connectivity index (χ0v) is 15.6. The summed E-state index contributed by atoms with van der Waals surface area (Å²) in [5, 5.41) is 5.30. The van der Waals surface area contributed by atoms with Crippen LogP contribution in [-0.2, 0) is 11.0 Å². The molecular formula is C20H22F3N3O2. The van der Waals surface area contributed by atoms with E-state index >= 15 is 0 Å². The van der Waals surface area contributed by atoms with Crippen molar-refractivity contribution in [3.8, 4) is 0 Å². The highest BCUT2D eigenvalue weighted by Crippen LogP contribution is 2.30. The second kappa shape index (κ2) is 9.25. The van der Waals surface area contributed by atoms with Gasteiger partial charge >= 0.3 is 6.18 Å². The van der Waals surface area contributed by atoms with Gasteiger partial charge in [-0.25, -0.2) is 0 Å². The van der Waals surface area contributed by atoms with Crippen LogP contribution in [0.4, 0.5) is 24.5 Å². The summed E-state index contributed by atoms with van der Waals surface area (Å²) in [5.41, 5.74) is 0.289. The summed E-state index contributed by atoms with van der Waals surface area (Å²) in [5.74, 6) is -0.576. The van der Waals surface area contributed by atoms with E-state index < -0.39 is 17.6 Å². The summed E-state index contributed by atoms with van der Waals surface area (Å²) in [4.78, 5) is 26.1. The molecule has 0 aliphatic rings. The molecule has 28 heavy (non-hydrogen) atoms. The monoisotopic (exact) mass is 393 g/mol. The maximum atomic E-state index is 12.7. The molecule has 2 N–H and O–H groups in total. The number of hydrogen-bond donors (Lipinski definition) is 2. The van der Waals surface area contributed by atoms with E-state index in [1.54, 1.807) is 29.2 Å². The zero-order valence-electron chi connectivity index (χ0n) is 15.6. The van der Waals surface area contributed by atoms with E-state index in [-0.39, 0.29) is 18.1 Å². The van der Waals surface area contributed by atoms with Gasteiger partial charge in [-0.05, 0) is 50.2 Å². The molecule has 5 nitrogen and oxygen atoms in total. The van der Waals surface area contributed by atoms with Gasteiger partial charge in [-0.3, -0.25) is 9.59 Å². The summed E-state index contributed by atoms with van der Waals surface area (Å²) in [6.45, 7) is 4.70. The van der Waals surface area contributed by atoms with Crippen LogP contribution in [0.15, 0.2) is 48.5 Å². The quantitative estimate of drug-likeness (QED) is 0.740. The van der Waals surface area contributed by atoms with Gasteiger partial charge in [0.15, 0.2) is 0 Å². The van der Waals surface area contributed by atoms with Gasteiger partial charge < -0.3 is 15.5 Å². The number of carbonyl (C=O) groups is 2. The van der Waals surface area contributed by atoms with Gasteiger partial charge in [-0.1, -0.05) is 12.1 Å². The second-order valence-corrected chi connectivity index (χ2v) is 6.04. The van der Waals surface area contributed by atoms with Crippen LogP contribution in [0.25, 0.3) is 0 Å². The molecule has 0 saturated heterocycles. The molecule has 2 aromatic carbocycles. The fourth-order valence-corrected chi connectivity index (χ4v) is 2.62. The summed E-state index contributed by atoms with van der Waals surface area (Å²) in [7, 11) is 0. The van der Waals surface area contributed by atoms with Gasteiger partial charge in [-0.15, -0.1) is 0 Å². The first-order valence-corrected chi connectivity index (χ1v) is 8.85. The minimum Gasteiger partial charge on any atom is -0.376 e. The predicted molar refractivity (Wildman–Crippen MR) is 102 cm³/mol. The van der Waals surface area contributed by atoms with Gasteiger partial charge in [0.25, 0.3) is 5.91 Å². The molecule has 2 aromatic rings. The Labute approximate surface area is 161 Å². The van der Waals surface area contributed by atoms with Crippen LogP contribution in [0.3, 0.4) is 0 Å². The first-order valence-electron chi connectivity index (χ1n) is 8.85. The third-order valence-corrected chi connectivity index (χ3v) is 4.09. The van der Waals surface area contributed by atoms with Crippen molar-refractivity contribution in [2.24, 2.45) is 0 Å². The maximum Gasteiger partial charge on any atom is 0.416 e. The van der Waals surface area contributed by atoms with E-state index in [4.69, 9.17) is 0 Å². The van der Waals surface area contributed by atoms with Crippen molar-refractivity contribution < 1.29 is 22.8 Å². The number of alkyl halides is 3. The van der Waals surface area contributed by atoms with Crippen molar-refractivity contribution in [1.29, 1.82) is 0 Å². The Hall–Kier alpha value is -3.03. The summed E-state index contributed by atoms with van der Waals surface area (Å²) < 4.78 is 38.2. The van der Waals surface area contributed by atoms with Crippen LogP contribution < -0.4 is 10.6 Å². The first kappa shape index (κ1) is 21.3. The minimum atomic E-state index is -4.45. The largest absolute Gasteiger partial charge is 0.416 e. The lowest BCUT2D eigenvalue weighted by atomic mass is 10.1. The third kappa shape index (κ3) is 5.73. The topological polar surface area (TPSA) is 61.4 Å². The average Bonchev–Trinajstić information content (AvgIpc) is 2.67. The number of anilines is 2. The van der Waals surface area contributed by atoms with Gasteiger partial charge in [-0.2, -0.15) is 13.2 Å². The van der Waals surface area contributed by atoms with Crippen molar-refractivity contribution in [3.63, 3.8) is 0 Å². The van der Waals surface area contributed by atoms with Crippen molar-refractivity contribution in [2.45, 2.75) is 20.0 Å². The van der Waals surface area contributed by atoms with E-state index in [2.05, 4.69) is 10.6 Å². The zero-order chi connectivity index (χ0) is 20.7. The molecule has 0 aliphatic carbocycles. The number of hydrogen-bond acceptors (Lipinski definition) is 3.